The molecule has 6 nitrogen and oxygen atoms in total. The van der Waals surface area contributed by atoms with E-state index in [0.717, 1.165) is 12.1 Å². The molecule has 1 aromatic carbocycles. The van der Waals surface area contributed by atoms with Crippen LogP contribution in [0, 0.1) is 10.1 Å². The van der Waals surface area contributed by atoms with E-state index in [-0.39, 0.29) is 5.56 Å². The molecule has 0 unspecified atom stereocenters. The van der Waals surface area contributed by atoms with Crippen molar-refractivity contribution in [2.45, 2.75) is 25.1 Å². The number of nitro groups is 1. The van der Waals surface area contributed by atoms with Crippen LogP contribution in [-0.4, -0.2) is 21.3 Å². The molecule has 1 rings (SSSR count). The minimum atomic E-state index is -4.39. The summed E-state index contributed by atoms with van der Waals surface area (Å²) in [5.41, 5.74) is 4.62. The normalized spacial score (nSPS) is 13.3. The second kappa shape index (κ2) is 5.31. The van der Waals surface area contributed by atoms with E-state index in [1.165, 1.54) is 0 Å². The highest BCUT2D eigenvalue weighted by Crippen LogP contribution is 2.38. The van der Waals surface area contributed by atoms with Crippen LogP contribution < -0.4 is 5.73 Å². The number of hydrogen-bond donors (Lipinski definition) is 3. The van der Waals surface area contributed by atoms with Crippen LogP contribution in [0.3, 0.4) is 0 Å². The topological polar surface area (TPSA) is 110 Å². The lowest BCUT2D eigenvalue weighted by Crippen LogP contribution is -2.16. The Morgan fingerprint density at radius 1 is 1.37 bits per heavy atom. The zero-order chi connectivity index (χ0) is 14.8. The van der Waals surface area contributed by atoms with E-state index >= 15 is 0 Å². The van der Waals surface area contributed by atoms with E-state index in [4.69, 9.17) is 5.73 Å². The molecule has 0 aliphatic heterocycles. The van der Waals surface area contributed by atoms with Crippen molar-refractivity contribution < 1.29 is 28.3 Å². The third-order valence-electron chi connectivity index (χ3n) is 2.46. The SMILES string of the molecule is N[C@H](CCC(F)(F)F)c1cc(O)c(O)c([N+](=O)[O-])c1. The standard InChI is InChI=1S/C10H11F3N2O4/c11-10(12,13)2-1-6(14)5-3-7(15(18)19)9(17)8(16)4-5/h3-4,6,16-17H,1-2,14H2/t6-/m1/s1. The molecule has 0 aliphatic rings. The number of alkyl halides is 3. The number of nitrogens with two attached hydrogens (primary N) is 1. The van der Waals surface area contributed by atoms with Crippen LogP contribution in [0.25, 0.3) is 0 Å². The van der Waals surface area contributed by atoms with Crippen molar-refractivity contribution in [3.8, 4) is 11.5 Å². The smallest absolute Gasteiger partial charge is 0.389 e. The summed E-state index contributed by atoms with van der Waals surface area (Å²) in [6, 6.07) is 0.617. The van der Waals surface area contributed by atoms with Gasteiger partial charge in [0, 0.05) is 18.5 Å². The van der Waals surface area contributed by atoms with Crippen molar-refractivity contribution in [2.75, 3.05) is 0 Å². The first-order valence-corrected chi connectivity index (χ1v) is 5.14. The summed E-state index contributed by atoms with van der Waals surface area (Å²) < 4.78 is 36.1. The van der Waals surface area contributed by atoms with Crippen molar-refractivity contribution in [3.63, 3.8) is 0 Å². The Labute approximate surface area is 105 Å². The van der Waals surface area contributed by atoms with Gasteiger partial charge in [0.25, 0.3) is 0 Å². The van der Waals surface area contributed by atoms with Gasteiger partial charge in [-0.25, -0.2) is 0 Å². The Bertz CT molecular complexity index is 490. The molecule has 19 heavy (non-hydrogen) atoms. The zero-order valence-corrected chi connectivity index (χ0v) is 9.52. The molecule has 9 heteroatoms. The molecular weight excluding hydrogens is 269 g/mol. The van der Waals surface area contributed by atoms with Gasteiger partial charge in [-0.3, -0.25) is 10.1 Å². The largest absolute Gasteiger partial charge is 0.504 e. The van der Waals surface area contributed by atoms with Crippen LogP contribution in [0.4, 0.5) is 18.9 Å². The molecule has 0 radical (unpaired) electrons. The number of rotatable bonds is 4. The van der Waals surface area contributed by atoms with Gasteiger partial charge in [-0.05, 0) is 18.1 Å². The molecule has 0 heterocycles. The first kappa shape index (κ1) is 15.0. The quantitative estimate of drug-likeness (QED) is 0.445. The molecule has 0 saturated heterocycles. The molecule has 106 valence electrons. The number of phenolic OH excluding ortho intramolecular Hbond substituents is 2. The number of phenols is 2. The molecule has 1 atom stereocenters. The summed E-state index contributed by atoms with van der Waals surface area (Å²) in [6.07, 6.45) is -6.02. The van der Waals surface area contributed by atoms with E-state index in [1.807, 2.05) is 0 Å². The lowest BCUT2D eigenvalue weighted by atomic mass is 10.0. The predicted octanol–water partition coefficient (Wildman–Crippen LogP) is 2.35. The van der Waals surface area contributed by atoms with Gasteiger partial charge in [-0.1, -0.05) is 0 Å². The van der Waals surface area contributed by atoms with Gasteiger partial charge in [0.15, 0.2) is 5.75 Å². The van der Waals surface area contributed by atoms with Crippen LogP contribution >= 0.6 is 0 Å². The number of aromatic hydroxyl groups is 2. The lowest BCUT2D eigenvalue weighted by Gasteiger charge is -2.14. The van der Waals surface area contributed by atoms with Crippen molar-refractivity contribution in [3.05, 3.63) is 27.8 Å². The average Bonchev–Trinajstić information content (AvgIpc) is 2.28. The first-order valence-electron chi connectivity index (χ1n) is 5.14. The van der Waals surface area contributed by atoms with E-state index in [0.29, 0.717) is 0 Å². The Hall–Kier alpha value is -2.03. The fourth-order valence-corrected chi connectivity index (χ4v) is 1.46. The van der Waals surface area contributed by atoms with Crippen molar-refractivity contribution in [2.24, 2.45) is 5.73 Å². The number of nitro benzene ring substituents is 1. The molecular formula is C10H11F3N2O4. The maximum atomic E-state index is 12.0. The maximum Gasteiger partial charge on any atom is 0.389 e. The highest BCUT2D eigenvalue weighted by molar-refractivity contribution is 5.56. The zero-order valence-electron chi connectivity index (χ0n) is 9.52. The summed E-state index contributed by atoms with van der Waals surface area (Å²) in [5, 5.41) is 29.1. The van der Waals surface area contributed by atoms with Crippen LogP contribution in [-0.2, 0) is 0 Å². The van der Waals surface area contributed by atoms with Gasteiger partial charge >= 0.3 is 11.9 Å². The molecule has 0 aliphatic carbocycles. The minimum absolute atomic E-state index is 0.0498. The minimum Gasteiger partial charge on any atom is -0.504 e. The number of benzene rings is 1. The van der Waals surface area contributed by atoms with Gasteiger partial charge in [-0.2, -0.15) is 13.2 Å². The summed E-state index contributed by atoms with van der Waals surface area (Å²) in [5.74, 6) is -1.75. The summed E-state index contributed by atoms with van der Waals surface area (Å²) in [4.78, 5) is 9.62. The molecule has 0 saturated carbocycles. The van der Waals surface area contributed by atoms with Gasteiger partial charge in [0.1, 0.15) is 0 Å². The van der Waals surface area contributed by atoms with Crippen molar-refractivity contribution in [1.29, 1.82) is 0 Å². The third-order valence-corrected chi connectivity index (χ3v) is 2.46. The first-order chi connectivity index (χ1) is 8.61. The van der Waals surface area contributed by atoms with E-state index in [2.05, 4.69) is 0 Å². The molecule has 0 bridgehead atoms. The summed E-state index contributed by atoms with van der Waals surface area (Å²) in [6.45, 7) is 0. The van der Waals surface area contributed by atoms with E-state index < -0.39 is 47.2 Å². The molecule has 0 spiro atoms. The monoisotopic (exact) mass is 280 g/mol. The van der Waals surface area contributed by atoms with Crippen LogP contribution in [0.1, 0.15) is 24.4 Å². The lowest BCUT2D eigenvalue weighted by molar-refractivity contribution is -0.386. The molecule has 1 aromatic rings. The van der Waals surface area contributed by atoms with Crippen LogP contribution in [0.2, 0.25) is 0 Å². The van der Waals surface area contributed by atoms with E-state index in [1.54, 1.807) is 0 Å². The van der Waals surface area contributed by atoms with Crippen molar-refractivity contribution >= 4 is 5.69 Å². The molecule has 0 amide bonds. The van der Waals surface area contributed by atoms with Gasteiger partial charge in [-0.15, -0.1) is 0 Å². The molecule has 0 fully saturated rings. The number of halogens is 3. The third kappa shape index (κ3) is 3.98. The van der Waals surface area contributed by atoms with Crippen LogP contribution in [0.5, 0.6) is 11.5 Å². The molecule has 0 aromatic heterocycles. The van der Waals surface area contributed by atoms with Crippen molar-refractivity contribution in [1.82, 2.24) is 0 Å². The Balaban J connectivity index is 2.98. The van der Waals surface area contributed by atoms with E-state index in [9.17, 15) is 33.5 Å². The Morgan fingerprint density at radius 3 is 2.42 bits per heavy atom. The highest BCUT2D eigenvalue weighted by Gasteiger charge is 2.29. The Kier molecular flexibility index (Phi) is 4.20. The second-order valence-electron chi connectivity index (χ2n) is 3.93. The summed E-state index contributed by atoms with van der Waals surface area (Å²) >= 11 is 0. The average molecular weight is 280 g/mol. The van der Waals surface area contributed by atoms with Crippen LogP contribution in [0.15, 0.2) is 12.1 Å². The summed E-state index contributed by atoms with van der Waals surface area (Å²) in [7, 11) is 0. The second-order valence-corrected chi connectivity index (χ2v) is 3.93. The fraction of sp³-hybridized carbons (Fsp3) is 0.400. The van der Waals surface area contributed by atoms with Gasteiger partial charge < -0.3 is 15.9 Å². The van der Waals surface area contributed by atoms with Gasteiger partial charge in [0.05, 0.1) is 4.92 Å². The predicted molar refractivity (Wildman–Crippen MR) is 58.6 cm³/mol. The fourth-order valence-electron chi connectivity index (χ4n) is 1.46. The highest BCUT2D eigenvalue weighted by atomic mass is 19.4. The number of nitrogens with zero attached hydrogens (tertiary/aromatic N) is 1. The molecule has 4 N–H and O–H groups in total. The number of hydrogen-bond acceptors (Lipinski definition) is 5. The maximum absolute atomic E-state index is 12.0. The Morgan fingerprint density at radius 2 is 1.95 bits per heavy atom. The van der Waals surface area contributed by atoms with Gasteiger partial charge in [0.2, 0.25) is 5.75 Å².